The van der Waals surface area contributed by atoms with E-state index in [1.807, 2.05) is 59.5 Å². The first-order chi connectivity index (χ1) is 13.3. The van der Waals surface area contributed by atoms with E-state index in [9.17, 15) is 4.79 Å². The predicted molar refractivity (Wildman–Crippen MR) is 113 cm³/mol. The topological polar surface area (TPSA) is 64.8 Å². The first kappa shape index (κ1) is 22.2. The monoisotopic (exact) mass is 404 g/mol. The molecule has 0 radical (unpaired) electrons. The number of nitrogens with zero attached hydrogens (tertiary/aromatic N) is 1. The fourth-order valence-electron chi connectivity index (χ4n) is 3.20. The van der Waals surface area contributed by atoms with Gasteiger partial charge in [-0.25, -0.2) is 0 Å². The summed E-state index contributed by atoms with van der Waals surface area (Å²) in [6.45, 7) is 3.29. The van der Waals surface area contributed by atoms with Crippen LogP contribution in [0.2, 0.25) is 0 Å². The predicted octanol–water partition coefficient (Wildman–Crippen LogP) is 3.66. The lowest BCUT2D eigenvalue weighted by molar-refractivity contribution is 0.00843. The Morgan fingerprint density at radius 2 is 1.82 bits per heavy atom. The van der Waals surface area contributed by atoms with Crippen LogP contribution < -0.4 is 10.5 Å². The van der Waals surface area contributed by atoms with E-state index in [0.29, 0.717) is 31.1 Å². The van der Waals surface area contributed by atoms with E-state index >= 15 is 0 Å². The second-order valence-electron chi connectivity index (χ2n) is 6.81. The molecule has 5 nitrogen and oxygen atoms in total. The average molecular weight is 405 g/mol. The van der Waals surface area contributed by atoms with Crippen molar-refractivity contribution in [1.29, 1.82) is 0 Å². The van der Waals surface area contributed by atoms with Crippen LogP contribution in [-0.4, -0.2) is 43.2 Å². The Morgan fingerprint density at radius 1 is 1.07 bits per heavy atom. The lowest BCUT2D eigenvalue weighted by Gasteiger charge is -2.32. The van der Waals surface area contributed by atoms with Gasteiger partial charge in [0.05, 0.1) is 6.10 Å². The molecule has 2 aromatic rings. The number of halogens is 1. The summed E-state index contributed by atoms with van der Waals surface area (Å²) < 4.78 is 11.7. The second-order valence-corrected chi connectivity index (χ2v) is 6.81. The normalized spacial score (nSPS) is 14.4. The van der Waals surface area contributed by atoms with Gasteiger partial charge >= 0.3 is 0 Å². The van der Waals surface area contributed by atoms with Crippen molar-refractivity contribution in [2.45, 2.75) is 32.0 Å². The van der Waals surface area contributed by atoms with Gasteiger partial charge < -0.3 is 20.1 Å². The SMILES string of the molecule is Cl.NCCCOC1CCN(C(=O)c2cccc(OCc3ccccc3)c2)CC1. The number of likely N-dealkylation sites (tertiary alicyclic amines) is 1. The number of nitrogens with two attached hydrogens (primary N) is 1. The van der Waals surface area contributed by atoms with Crippen molar-refractivity contribution in [1.82, 2.24) is 4.90 Å². The van der Waals surface area contributed by atoms with Crippen LogP contribution in [0.15, 0.2) is 54.6 Å². The Bertz CT molecular complexity index is 719. The minimum Gasteiger partial charge on any atom is -0.489 e. The highest BCUT2D eigenvalue weighted by molar-refractivity contribution is 5.94. The summed E-state index contributed by atoms with van der Waals surface area (Å²) in [5.74, 6) is 0.769. The van der Waals surface area contributed by atoms with Crippen LogP contribution in [0.1, 0.15) is 35.2 Å². The number of piperidine rings is 1. The highest BCUT2D eigenvalue weighted by atomic mass is 35.5. The first-order valence-corrected chi connectivity index (χ1v) is 9.64. The van der Waals surface area contributed by atoms with Gasteiger partial charge in [0.1, 0.15) is 12.4 Å². The molecule has 1 aliphatic rings. The van der Waals surface area contributed by atoms with Gasteiger partial charge in [0.25, 0.3) is 5.91 Å². The fraction of sp³-hybridized carbons (Fsp3) is 0.409. The number of ether oxygens (including phenoxy) is 2. The summed E-state index contributed by atoms with van der Waals surface area (Å²) in [6, 6.07) is 17.4. The van der Waals surface area contributed by atoms with E-state index in [1.54, 1.807) is 0 Å². The van der Waals surface area contributed by atoms with Crippen LogP contribution in [0, 0.1) is 0 Å². The van der Waals surface area contributed by atoms with Crippen LogP contribution in [0.25, 0.3) is 0 Å². The van der Waals surface area contributed by atoms with Crippen molar-refractivity contribution in [2.24, 2.45) is 5.73 Å². The molecule has 1 aliphatic heterocycles. The molecule has 1 fully saturated rings. The molecule has 0 spiro atoms. The number of hydrogen-bond donors (Lipinski definition) is 1. The molecule has 0 aliphatic carbocycles. The van der Waals surface area contributed by atoms with E-state index < -0.39 is 0 Å². The lowest BCUT2D eigenvalue weighted by Crippen LogP contribution is -2.41. The summed E-state index contributed by atoms with van der Waals surface area (Å²) in [7, 11) is 0. The zero-order chi connectivity index (χ0) is 18.9. The van der Waals surface area contributed by atoms with Crippen molar-refractivity contribution in [3.8, 4) is 5.75 Å². The zero-order valence-electron chi connectivity index (χ0n) is 16.1. The summed E-state index contributed by atoms with van der Waals surface area (Å²) in [6.07, 6.45) is 2.87. The highest BCUT2D eigenvalue weighted by Crippen LogP contribution is 2.20. The molecule has 3 rings (SSSR count). The Morgan fingerprint density at radius 3 is 2.54 bits per heavy atom. The van der Waals surface area contributed by atoms with E-state index in [0.717, 1.165) is 37.9 Å². The van der Waals surface area contributed by atoms with Gasteiger partial charge in [0, 0.05) is 25.3 Å². The van der Waals surface area contributed by atoms with Crippen LogP contribution in [0.4, 0.5) is 0 Å². The Kier molecular flexibility index (Phi) is 9.28. The van der Waals surface area contributed by atoms with Gasteiger partial charge in [0.15, 0.2) is 0 Å². The molecule has 2 aromatic carbocycles. The van der Waals surface area contributed by atoms with Gasteiger partial charge in [-0.1, -0.05) is 36.4 Å². The molecule has 152 valence electrons. The van der Waals surface area contributed by atoms with Gasteiger partial charge in [-0.3, -0.25) is 4.79 Å². The van der Waals surface area contributed by atoms with Crippen LogP contribution in [-0.2, 0) is 11.3 Å². The number of benzene rings is 2. The van der Waals surface area contributed by atoms with E-state index in [1.165, 1.54) is 0 Å². The zero-order valence-corrected chi connectivity index (χ0v) is 16.9. The quantitative estimate of drug-likeness (QED) is 0.682. The maximum Gasteiger partial charge on any atom is 0.253 e. The average Bonchev–Trinajstić information content (AvgIpc) is 2.73. The molecule has 2 N–H and O–H groups in total. The maximum absolute atomic E-state index is 12.8. The Balaban J connectivity index is 0.00000280. The molecular weight excluding hydrogens is 376 g/mol. The molecule has 1 heterocycles. The van der Waals surface area contributed by atoms with Crippen molar-refractivity contribution in [3.05, 3.63) is 65.7 Å². The fourth-order valence-corrected chi connectivity index (χ4v) is 3.20. The third kappa shape index (κ3) is 6.51. The van der Waals surface area contributed by atoms with Crippen LogP contribution in [0.3, 0.4) is 0 Å². The number of carbonyl (C=O) groups excluding carboxylic acids is 1. The van der Waals surface area contributed by atoms with Gasteiger partial charge in [-0.15, -0.1) is 12.4 Å². The number of rotatable bonds is 8. The minimum atomic E-state index is 0. The van der Waals surface area contributed by atoms with E-state index in [2.05, 4.69) is 0 Å². The summed E-state index contributed by atoms with van der Waals surface area (Å²) >= 11 is 0. The molecule has 0 aromatic heterocycles. The molecule has 0 saturated carbocycles. The standard InChI is InChI=1S/C22H28N2O3.ClH/c23-12-5-15-26-20-10-13-24(14-11-20)22(25)19-8-4-9-21(16-19)27-17-18-6-2-1-3-7-18;/h1-4,6-9,16,20H,5,10-15,17,23H2;1H. The minimum absolute atomic E-state index is 0. The molecule has 0 unspecified atom stereocenters. The van der Waals surface area contributed by atoms with E-state index in [-0.39, 0.29) is 24.4 Å². The van der Waals surface area contributed by atoms with Crippen LogP contribution in [0.5, 0.6) is 5.75 Å². The Hall–Kier alpha value is -2.08. The van der Waals surface area contributed by atoms with Crippen LogP contribution >= 0.6 is 12.4 Å². The molecule has 6 heteroatoms. The molecular formula is C22H29ClN2O3. The summed E-state index contributed by atoms with van der Waals surface area (Å²) in [5.41, 5.74) is 7.27. The molecule has 0 atom stereocenters. The number of hydrogen-bond acceptors (Lipinski definition) is 4. The molecule has 28 heavy (non-hydrogen) atoms. The van der Waals surface area contributed by atoms with Crippen molar-refractivity contribution < 1.29 is 14.3 Å². The van der Waals surface area contributed by atoms with Crippen molar-refractivity contribution in [2.75, 3.05) is 26.2 Å². The maximum atomic E-state index is 12.8. The smallest absolute Gasteiger partial charge is 0.253 e. The second kappa shape index (κ2) is 11.7. The van der Waals surface area contributed by atoms with Crippen molar-refractivity contribution >= 4 is 18.3 Å². The van der Waals surface area contributed by atoms with Gasteiger partial charge in [0.2, 0.25) is 0 Å². The largest absolute Gasteiger partial charge is 0.489 e. The third-order valence-corrected chi connectivity index (χ3v) is 4.76. The Labute approximate surface area is 173 Å². The van der Waals surface area contributed by atoms with Crippen molar-refractivity contribution in [3.63, 3.8) is 0 Å². The molecule has 0 bridgehead atoms. The molecule has 1 amide bonds. The first-order valence-electron chi connectivity index (χ1n) is 9.64. The third-order valence-electron chi connectivity index (χ3n) is 4.76. The summed E-state index contributed by atoms with van der Waals surface area (Å²) in [5, 5.41) is 0. The summed E-state index contributed by atoms with van der Waals surface area (Å²) in [4.78, 5) is 14.7. The highest BCUT2D eigenvalue weighted by Gasteiger charge is 2.24. The van der Waals surface area contributed by atoms with E-state index in [4.69, 9.17) is 15.2 Å². The lowest BCUT2D eigenvalue weighted by atomic mass is 10.1. The molecule has 1 saturated heterocycles. The van der Waals surface area contributed by atoms with Gasteiger partial charge in [-0.2, -0.15) is 0 Å². The van der Waals surface area contributed by atoms with Gasteiger partial charge in [-0.05, 0) is 49.6 Å². The number of amides is 1. The number of carbonyl (C=O) groups is 1.